The summed E-state index contributed by atoms with van der Waals surface area (Å²) in [6.45, 7) is 0.541. The van der Waals surface area contributed by atoms with Crippen LogP contribution in [0.3, 0.4) is 0 Å². The molecular formula is C20H23BrN4O3S. The van der Waals surface area contributed by atoms with E-state index in [0.717, 1.165) is 27.7 Å². The summed E-state index contributed by atoms with van der Waals surface area (Å²) in [6.07, 6.45) is 1.32. The third-order valence-corrected chi connectivity index (χ3v) is 7.63. The molecule has 2 aromatic carbocycles. The van der Waals surface area contributed by atoms with Crippen molar-refractivity contribution in [2.75, 3.05) is 23.1 Å². The summed E-state index contributed by atoms with van der Waals surface area (Å²) in [5.74, 6) is -0.322. The Morgan fingerprint density at radius 2 is 1.90 bits per heavy atom. The van der Waals surface area contributed by atoms with Gasteiger partial charge in [0, 0.05) is 23.6 Å². The van der Waals surface area contributed by atoms with Crippen LogP contribution in [0.25, 0.3) is 0 Å². The zero-order chi connectivity index (χ0) is 20.4. The molecule has 1 amide bonds. The van der Waals surface area contributed by atoms with Crippen LogP contribution in [0.4, 0.5) is 5.69 Å². The normalized spacial score (nSPS) is 21.2. The highest BCUT2D eigenvalue weighted by Crippen LogP contribution is 2.30. The number of rotatable bonds is 6. The number of anilines is 1. The van der Waals surface area contributed by atoms with E-state index in [1.165, 1.54) is 4.31 Å². The van der Waals surface area contributed by atoms with Crippen molar-refractivity contribution in [1.29, 1.82) is 0 Å². The van der Waals surface area contributed by atoms with E-state index < -0.39 is 16.1 Å². The van der Waals surface area contributed by atoms with Crippen molar-refractivity contribution in [3.8, 4) is 0 Å². The van der Waals surface area contributed by atoms with Gasteiger partial charge in [-0.05, 0) is 42.2 Å². The fraction of sp³-hybridized carbons (Fsp3) is 0.350. The molecule has 2 aliphatic rings. The number of hydrazine groups is 1. The number of halogens is 1. The van der Waals surface area contributed by atoms with Crippen LogP contribution in [-0.4, -0.2) is 39.2 Å². The third-order valence-electron chi connectivity index (χ3n) is 5.33. The lowest BCUT2D eigenvalue weighted by Crippen LogP contribution is -2.45. The number of fused-ring (bicyclic) bond motifs is 1. The molecule has 0 spiro atoms. The summed E-state index contributed by atoms with van der Waals surface area (Å²) >= 11 is 3.41. The van der Waals surface area contributed by atoms with Crippen LogP contribution >= 0.6 is 15.9 Å². The molecule has 2 aliphatic heterocycles. The van der Waals surface area contributed by atoms with Crippen molar-refractivity contribution in [1.82, 2.24) is 16.2 Å². The summed E-state index contributed by atoms with van der Waals surface area (Å²) < 4.78 is 27.9. The van der Waals surface area contributed by atoms with Crippen molar-refractivity contribution in [3.63, 3.8) is 0 Å². The smallest absolute Gasteiger partial charge is 0.238 e. The van der Waals surface area contributed by atoms with Crippen molar-refractivity contribution in [3.05, 3.63) is 64.1 Å². The monoisotopic (exact) mass is 478 g/mol. The number of carbonyl (C=O) groups excluding carboxylic acids is 1. The van der Waals surface area contributed by atoms with E-state index in [2.05, 4.69) is 32.1 Å². The van der Waals surface area contributed by atoms with Gasteiger partial charge in [-0.2, -0.15) is 0 Å². The zero-order valence-electron chi connectivity index (χ0n) is 15.8. The summed E-state index contributed by atoms with van der Waals surface area (Å²) in [7, 11) is -3.47. The Hall–Kier alpha value is -1.94. The SMILES string of the molecule is O=C(NCCS(=O)(=O)N1CCc2ccccc21)C1CC(c2ccc(Br)cc2)NN1. The first-order valence-electron chi connectivity index (χ1n) is 9.56. The first kappa shape index (κ1) is 20.3. The molecule has 0 saturated carbocycles. The maximum Gasteiger partial charge on any atom is 0.238 e. The molecular weight excluding hydrogens is 456 g/mol. The van der Waals surface area contributed by atoms with E-state index in [1.807, 2.05) is 48.5 Å². The predicted octanol–water partition coefficient (Wildman–Crippen LogP) is 1.87. The average Bonchev–Trinajstić information content (AvgIpc) is 3.36. The molecule has 3 N–H and O–H groups in total. The molecule has 0 radical (unpaired) electrons. The Labute approximate surface area is 179 Å². The number of nitrogens with zero attached hydrogens (tertiary/aromatic N) is 1. The second-order valence-electron chi connectivity index (χ2n) is 7.24. The molecule has 1 saturated heterocycles. The highest BCUT2D eigenvalue weighted by molar-refractivity contribution is 9.10. The topological polar surface area (TPSA) is 90.5 Å². The average molecular weight is 479 g/mol. The van der Waals surface area contributed by atoms with Gasteiger partial charge in [0.1, 0.15) is 6.04 Å². The molecule has 29 heavy (non-hydrogen) atoms. The molecule has 2 unspecified atom stereocenters. The van der Waals surface area contributed by atoms with Gasteiger partial charge in [-0.1, -0.05) is 46.3 Å². The zero-order valence-corrected chi connectivity index (χ0v) is 18.2. The maximum absolute atomic E-state index is 12.7. The largest absolute Gasteiger partial charge is 0.354 e. The van der Waals surface area contributed by atoms with Crippen LogP contribution in [0.1, 0.15) is 23.6 Å². The molecule has 2 heterocycles. The minimum atomic E-state index is -3.47. The van der Waals surface area contributed by atoms with E-state index in [9.17, 15) is 13.2 Å². The number of amides is 1. The fourth-order valence-corrected chi connectivity index (χ4v) is 5.47. The summed E-state index contributed by atoms with van der Waals surface area (Å²) in [6, 6.07) is 15.1. The van der Waals surface area contributed by atoms with Crippen LogP contribution in [0, 0.1) is 0 Å². The van der Waals surface area contributed by atoms with Crippen LogP contribution in [0.2, 0.25) is 0 Å². The van der Waals surface area contributed by atoms with E-state index in [0.29, 0.717) is 13.0 Å². The van der Waals surface area contributed by atoms with Crippen LogP contribution in [0.15, 0.2) is 53.0 Å². The highest BCUT2D eigenvalue weighted by Gasteiger charge is 2.31. The number of benzene rings is 2. The molecule has 2 aromatic rings. The van der Waals surface area contributed by atoms with E-state index >= 15 is 0 Å². The second-order valence-corrected chi connectivity index (χ2v) is 10.2. The molecule has 1 fully saturated rings. The minimum absolute atomic E-state index is 0.0312. The second kappa shape index (κ2) is 8.43. The number of hydrogen-bond acceptors (Lipinski definition) is 5. The van der Waals surface area contributed by atoms with Crippen molar-refractivity contribution >= 4 is 37.5 Å². The molecule has 4 rings (SSSR count). The van der Waals surface area contributed by atoms with Gasteiger partial charge in [-0.3, -0.25) is 9.10 Å². The Morgan fingerprint density at radius 1 is 1.14 bits per heavy atom. The summed E-state index contributed by atoms with van der Waals surface area (Å²) in [5.41, 5.74) is 9.01. The van der Waals surface area contributed by atoms with Gasteiger partial charge in [-0.25, -0.2) is 19.3 Å². The Kier molecular flexibility index (Phi) is 5.91. The number of para-hydroxylation sites is 1. The summed E-state index contributed by atoms with van der Waals surface area (Å²) in [5, 5.41) is 2.75. The molecule has 0 aromatic heterocycles. The van der Waals surface area contributed by atoms with Crippen LogP contribution in [0.5, 0.6) is 0 Å². The molecule has 2 atom stereocenters. The van der Waals surface area contributed by atoms with Gasteiger partial charge in [0.05, 0.1) is 11.4 Å². The minimum Gasteiger partial charge on any atom is -0.354 e. The standard InChI is InChI=1S/C20H23BrN4O3S/c21-16-7-5-14(6-8-16)17-13-18(24-23-17)20(26)22-10-12-29(27,28)25-11-9-15-3-1-2-4-19(15)25/h1-8,17-18,23-24H,9-13H2,(H,22,26). The Morgan fingerprint density at radius 3 is 2.69 bits per heavy atom. The van der Waals surface area contributed by atoms with Crippen LogP contribution < -0.4 is 20.5 Å². The number of carbonyl (C=O) groups is 1. The van der Waals surface area contributed by atoms with Gasteiger partial charge >= 0.3 is 0 Å². The Bertz CT molecular complexity index is 997. The lowest BCUT2D eigenvalue weighted by molar-refractivity contribution is -0.122. The lowest BCUT2D eigenvalue weighted by Gasteiger charge is -2.20. The quantitative estimate of drug-likeness (QED) is 0.589. The molecule has 0 bridgehead atoms. The van der Waals surface area contributed by atoms with Gasteiger partial charge in [0.2, 0.25) is 15.9 Å². The van der Waals surface area contributed by atoms with Crippen molar-refractivity contribution < 1.29 is 13.2 Å². The van der Waals surface area contributed by atoms with Crippen molar-refractivity contribution in [2.24, 2.45) is 0 Å². The Balaban J connectivity index is 1.29. The van der Waals surface area contributed by atoms with E-state index in [-0.39, 0.29) is 24.2 Å². The van der Waals surface area contributed by atoms with Gasteiger partial charge in [-0.15, -0.1) is 0 Å². The van der Waals surface area contributed by atoms with Crippen LogP contribution in [-0.2, 0) is 21.2 Å². The van der Waals surface area contributed by atoms with Gasteiger partial charge in [0.15, 0.2) is 0 Å². The summed E-state index contributed by atoms with van der Waals surface area (Å²) in [4.78, 5) is 12.5. The molecule has 154 valence electrons. The predicted molar refractivity (Wildman–Crippen MR) is 116 cm³/mol. The molecule has 0 aliphatic carbocycles. The molecule has 7 nitrogen and oxygen atoms in total. The van der Waals surface area contributed by atoms with Gasteiger partial charge in [0.25, 0.3) is 0 Å². The lowest BCUT2D eigenvalue weighted by atomic mass is 10.0. The third kappa shape index (κ3) is 4.48. The van der Waals surface area contributed by atoms with Crippen molar-refractivity contribution in [2.45, 2.75) is 24.9 Å². The highest BCUT2D eigenvalue weighted by atomic mass is 79.9. The molecule has 9 heteroatoms. The first-order chi connectivity index (χ1) is 13.9. The number of hydrogen-bond donors (Lipinski definition) is 3. The number of sulfonamides is 1. The van der Waals surface area contributed by atoms with E-state index in [4.69, 9.17) is 0 Å². The fourth-order valence-electron chi connectivity index (χ4n) is 3.78. The first-order valence-corrected chi connectivity index (χ1v) is 12.0. The maximum atomic E-state index is 12.7. The number of nitrogens with one attached hydrogen (secondary N) is 3. The van der Waals surface area contributed by atoms with E-state index in [1.54, 1.807) is 0 Å². The van der Waals surface area contributed by atoms with Gasteiger partial charge < -0.3 is 5.32 Å².